The van der Waals surface area contributed by atoms with Gasteiger partial charge in [-0.25, -0.2) is 4.98 Å². The van der Waals surface area contributed by atoms with Crippen LogP contribution in [-0.2, 0) is 7.05 Å². The second kappa shape index (κ2) is 6.44. The Morgan fingerprint density at radius 2 is 2.17 bits per heavy atom. The van der Waals surface area contributed by atoms with Gasteiger partial charge in [-0.1, -0.05) is 18.2 Å². The Morgan fingerprint density at radius 1 is 1.29 bits per heavy atom. The molecule has 0 spiro atoms. The Balaban J connectivity index is 1.46. The highest BCUT2D eigenvalue weighted by atomic mass is 16.5. The third-order valence-electron chi connectivity index (χ3n) is 5.02. The fourth-order valence-electron chi connectivity index (χ4n) is 3.97. The number of benzene rings is 1. The summed E-state index contributed by atoms with van der Waals surface area (Å²) in [5.74, 6) is 2.77. The van der Waals surface area contributed by atoms with E-state index >= 15 is 0 Å². The van der Waals surface area contributed by atoms with Gasteiger partial charge in [-0.15, -0.1) is 0 Å². The SMILES string of the molecule is Cc1cn(C)c([C@@H]2CCCN(CC3=Cc4ccccc4OC3)C2)n1. The molecule has 0 saturated carbocycles. The molecule has 1 atom stereocenters. The summed E-state index contributed by atoms with van der Waals surface area (Å²) in [5.41, 5.74) is 3.68. The topological polar surface area (TPSA) is 30.3 Å². The van der Waals surface area contributed by atoms with Crippen molar-refractivity contribution in [2.24, 2.45) is 7.05 Å². The van der Waals surface area contributed by atoms with E-state index < -0.39 is 0 Å². The van der Waals surface area contributed by atoms with Crippen LogP contribution in [0.3, 0.4) is 0 Å². The maximum Gasteiger partial charge on any atom is 0.127 e. The first kappa shape index (κ1) is 15.5. The standard InChI is InChI=1S/C20H25N3O/c1-15-11-22(2)20(21-15)18-7-5-9-23(13-18)12-16-10-17-6-3-4-8-19(17)24-14-16/h3-4,6,8,10-11,18H,5,7,9,12-14H2,1-2H3/t18-/m1/s1. The van der Waals surface area contributed by atoms with Crippen molar-refractivity contribution < 1.29 is 4.74 Å². The van der Waals surface area contributed by atoms with E-state index in [2.05, 4.69) is 47.8 Å². The van der Waals surface area contributed by atoms with Crippen LogP contribution in [-0.4, -0.2) is 40.7 Å². The van der Waals surface area contributed by atoms with E-state index in [1.807, 2.05) is 12.1 Å². The summed E-state index contributed by atoms with van der Waals surface area (Å²) in [6.07, 6.45) is 6.90. The molecule has 1 fully saturated rings. The first-order valence-corrected chi connectivity index (χ1v) is 8.82. The van der Waals surface area contributed by atoms with Crippen molar-refractivity contribution in [3.63, 3.8) is 0 Å². The zero-order chi connectivity index (χ0) is 16.5. The van der Waals surface area contributed by atoms with E-state index in [1.54, 1.807) is 0 Å². The molecule has 3 heterocycles. The second-order valence-electron chi connectivity index (χ2n) is 7.05. The number of para-hydroxylation sites is 1. The minimum atomic E-state index is 0.537. The molecule has 0 radical (unpaired) electrons. The molecule has 2 aromatic rings. The van der Waals surface area contributed by atoms with Gasteiger partial charge in [-0.05, 0) is 44.0 Å². The molecule has 2 aliphatic rings. The molecule has 4 heteroatoms. The Hall–Kier alpha value is -2.07. The summed E-state index contributed by atoms with van der Waals surface area (Å²) >= 11 is 0. The molecule has 0 unspecified atom stereocenters. The smallest absolute Gasteiger partial charge is 0.127 e. The zero-order valence-electron chi connectivity index (χ0n) is 14.5. The molecule has 4 nitrogen and oxygen atoms in total. The van der Waals surface area contributed by atoms with Crippen molar-refractivity contribution in [2.45, 2.75) is 25.7 Å². The minimum absolute atomic E-state index is 0.537. The van der Waals surface area contributed by atoms with Crippen LogP contribution in [0.15, 0.2) is 36.0 Å². The number of rotatable bonds is 3. The molecule has 24 heavy (non-hydrogen) atoms. The van der Waals surface area contributed by atoms with Crippen LogP contribution in [0.25, 0.3) is 6.08 Å². The van der Waals surface area contributed by atoms with Gasteiger partial charge in [0.15, 0.2) is 0 Å². The lowest BCUT2D eigenvalue weighted by Crippen LogP contribution is -2.37. The lowest BCUT2D eigenvalue weighted by molar-refractivity contribution is 0.210. The molecule has 0 N–H and O–H groups in total. The average Bonchev–Trinajstić information content (AvgIpc) is 2.93. The summed E-state index contributed by atoms with van der Waals surface area (Å²) in [6, 6.07) is 8.27. The number of hydrogen-bond acceptors (Lipinski definition) is 3. The maximum absolute atomic E-state index is 5.90. The summed E-state index contributed by atoms with van der Waals surface area (Å²) in [7, 11) is 2.11. The normalized spacial score (nSPS) is 21.1. The van der Waals surface area contributed by atoms with E-state index in [0.29, 0.717) is 12.5 Å². The van der Waals surface area contributed by atoms with E-state index in [0.717, 1.165) is 24.5 Å². The molecule has 4 rings (SSSR count). The van der Waals surface area contributed by atoms with E-state index in [1.165, 1.54) is 36.3 Å². The van der Waals surface area contributed by atoms with Crippen molar-refractivity contribution in [1.82, 2.24) is 14.5 Å². The van der Waals surface area contributed by atoms with Gasteiger partial charge in [0.05, 0.1) is 5.69 Å². The van der Waals surface area contributed by atoms with E-state index in [-0.39, 0.29) is 0 Å². The van der Waals surface area contributed by atoms with Gasteiger partial charge in [-0.2, -0.15) is 0 Å². The van der Waals surface area contributed by atoms with Crippen LogP contribution in [0.4, 0.5) is 0 Å². The van der Waals surface area contributed by atoms with E-state index in [9.17, 15) is 0 Å². The van der Waals surface area contributed by atoms with Crippen LogP contribution in [0, 0.1) is 6.92 Å². The van der Waals surface area contributed by atoms with Crippen LogP contribution < -0.4 is 4.74 Å². The molecule has 0 amide bonds. The number of ether oxygens (including phenoxy) is 1. The fraction of sp³-hybridized carbons (Fsp3) is 0.450. The molecular formula is C20H25N3O. The molecular weight excluding hydrogens is 298 g/mol. The number of nitrogens with zero attached hydrogens (tertiary/aromatic N) is 3. The third-order valence-corrected chi connectivity index (χ3v) is 5.02. The van der Waals surface area contributed by atoms with E-state index in [4.69, 9.17) is 9.72 Å². The summed E-state index contributed by atoms with van der Waals surface area (Å²) in [6.45, 7) is 6.03. The maximum atomic E-state index is 5.90. The Bertz CT molecular complexity index is 762. The highest BCUT2D eigenvalue weighted by molar-refractivity contribution is 5.62. The number of hydrogen-bond donors (Lipinski definition) is 0. The molecule has 0 aliphatic carbocycles. The largest absolute Gasteiger partial charge is 0.489 e. The Kier molecular flexibility index (Phi) is 4.15. The second-order valence-corrected chi connectivity index (χ2v) is 7.05. The number of fused-ring (bicyclic) bond motifs is 1. The molecule has 0 bridgehead atoms. The fourth-order valence-corrected chi connectivity index (χ4v) is 3.97. The van der Waals surface area contributed by atoms with Crippen molar-refractivity contribution >= 4 is 6.08 Å². The molecule has 1 aromatic heterocycles. The van der Waals surface area contributed by atoms with Crippen molar-refractivity contribution in [2.75, 3.05) is 26.2 Å². The predicted octanol–water partition coefficient (Wildman–Crippen LogP) is 3.38. The third kappa shape index (κ3) is 3.11. The van der Waals surface area contributed by atoms with Gasteiger partial charge in [-0.3, -0.25) is 4.90 Å². The lowest BCUT2D eigenvalue weighted by atomic mass is 9.96. The number of piperidine rings is 1. The highest BCUT2D eigenvalue weighted by Crippen LogP contribution is 2.29. The minimum Gasteiger partial charge on any atom is -0.489 e. The quantitative estimate of drug-likeness (QED) is 0.867. The van der Waals surface area contributed by atoms with Gasteiger partial charge in [0, 0.05) is 37.8 Å². The van der Waals surface area contributed by atoms with Gasteiger partial charge < -0.3 is 9.30 Å². The van der Waals surface area contributed by atoms with Crippen molar-refractivity contribution in [3.8, 4) is 5.75 Å². The molecule has 2 aliphatic heterocycles. The highest BCUT2D eigenvalue weighted by Gasteiger charge is 2.25. The summed E-state index contributed by atoms with van der Waals surface area (Å²) < 4.78 is 8.10. The number of aromatic nitrogens is 2. The van der Waals surface area contributed by atoms with Crippen LogP contribution in [0.2, 0.25) is 0 Å². The monoisotopic (exact) mass is 323 g/mol. The van der Waals surface area contributed by atoms with Gasteiger partial charge >= 0.3 is 0 Å². The number of likely N-dealkylation sites (tertiary alicyclic amines) is 1. The molecule has 126 valence electrons. The van der Waals surface area contributed by atoms with Gasteiger partial charge in [0.25, 0.3) is 0 Å². The Morgan fingerprint density at radius 3 is 3.00 bits per heavy atom. The first-order valence-electron chi connectivity index (χ1n) is 8.82. The van der Waals surface area contributed by atoms with Gasteiger partial charge in [0.1, 0.15) is 18.2 Å². The Labute approximate surface area is 143 Å². The van der Waals surface area contributed by atoms with Crippen LogP contribution in [0.5, 0.6) is 5.75 Å². The van der Waals surface area contributed by atoms with Crippen LogP contribution >= 0.6 is 0 Å². The zero-order valence-corrected chi connectivity index (χ0v) is 14.5. The average molecular weight is 323 g/mol. The van der Waals surface area contributed by atoms with Gasteiger partial charge in [0.2, 0.25) is 0 Å². The van der Waals surface area contributed by atoms with Crippen molar-refractivity contribution in [3.05, 3.63) is 53.1 Å². The molecule has 1 saturated heterocycles. The summed E-state index contributed by atoms with van der Waals surface area (Å²) in [4.78, 5) is 7.30. The lowest BCUT2D eigenvalue weighted by Gasteiger charge is -2.33. The summed E-state index contributed by atoms with van der Waals surface area (Å²) in [5, 5.41) is 0. The van der Waals surface area contributed by atoms with Crippen LogP contribution in [0.1, 0.15) is 35.8 Å². The number of aryl methyl sites for hydroxylation is 2. The predicted molar refractivity (Wildman–Crippen MR) is 96.3 cm³/mol. The van der Waals surface area contributed by atoms with Crippen molar-refractivity contribution in [1.29, 1.82) is 0 Å². The first-order chi connectivity index (χ1) is 11.7. The molecule has 1 aromatic carbocycles. The number of imidazole rings is 1.